The minimum Gasteiger partial charge on any atom is -0.396 e. The lowest BCUT2D eigenvalue weighted by molar-refractivity contribution is -0.108. The van der Waals surface area contributed by atoms with Crippen molar-refractivity contribution in [3.05, 3.63) is 112 Å². The Bertz CT molecular complexity index is 2730. The lowest BCUT2D eigenvalue weighted by atomic mass is 9.92. The quantitative estimate of drug-likeness (QED) is 0.0591. The number of nitrogen functional groups attached to an aromatic ring is 1. The molecule has 53 heavy (non-hydrogen) atoms. The topological polar surface area (TPSA) is 297 Å². The zero-order valence-corrected chi connectivity index (χ0v) is 28.9. The third kappa shape index (κ3) is 7.69. The largest absolute Gasteiger partial charge is 0.396 e. The van der Waals surface area contributed by atoms with E-state index in [-0.39, 0.29) is 21.9 Å². The molecule has 0 aliphatic heterocycles. The van der Waals surface area contributed by atoms with Gasteiger partial charge in [-0.05, 0) is 77.9 Å². The maximum Gasteiger partial charge on any atom is 0.296 e. The summed E-state index contributed by atoms with van der Waals surface area (Å²) in [6, 6.07) is 18.2. The van der Waals surface area contributed by atoms with Gasteiger partial charge >= 0.3 is 0 Å². The highest BCUT2D eigenvalue weighted by Gasteiger charge is 2.37. The molecule has 6 rings (SSSR count). The Morgan fingerprint density at radius 2 is 1.28 bits per heavy atom. The summed E-state index contributed by atoms with van der Waals surface area (Å²) in [4.78, 5) is 23.9. The van der Waals surface area contributed by atoms with Crippen LogP contribution in [-0.4, -0.2) is 61.9 Å². The highest BCUT2D eigenvalue weighted by molar-refractivity contribution is 7.91. The Balaban J connectivity index is 1.31. The van der Waals surface area contributed by atoms with Crippen LogP contribution in [0.1, 0.15) is 27.0 Å². The van der Waals surface area contributed by atoms with Crippen LogP contribution in [-0.2, 0) is 35.1 Å². The van der Waals surface area contributed by atoms with E-state index in [2.05, 4.69) is 31.3 Å². The average Bonchev–Trinajstić information content (AvgIpc) is 3.09. The second kappa shape index (κ2) is 13.7. The zero-order chi connectivity index (χ0) is 38.3. The van der Waals surface area contributed by atoms with E-state index in [0.29, 0.717) is 22.5 Å². The number of ketones is 2. The monoisotopic (exact) mass is 777 g/mol. The molecule has 0 spiro atoms. The molecule has 0 fully saturated rings. The van der Waals surface area contributed by atoms with E-state index in [1.807, 2.05) is 0 Å². The molecule has 7 N–H and O–H groups in total. The summed E-state index contributed by atoms with van der Waals surface area (Å²) in [6.07, 6.45) is 3.33. The first-order valence-corrected chi connectivity index (χ1v) is 19.0. The van der Waals surface area contributed by atoms with Gasteiger partial charge in [0.2, 0.25) is 11.6 Å². The van der Waals surface area contributed by atoms with Crippen molar-refractivity contribution in [3.63, 3.8) is 0 Å². The van der Waals surface area contributed by atoms with Crippen LogP contribution >= 0.6 is 0 Å². The number of nitrogens with one attached hydrogen (secondary N) is 2. The van der Waals surface area contributed by atoms with Crippen molar-refractivity contribution in [1.29, 1.82) is 0 Å². The van der Waals surface area contributed by atoms with E-state index in [1.54, 1.807) is 30.3 Å². The van der Waals surface area contributed by atoms with E-state index >= 15 is 0 Å². The Labute approximate surface area is 300 Å². The van der Waals surface area contributed by atoms with Gasteiger partial charge in [-0.1, -0.05) is 30.3 Å². The number of nitrogens with two attached hydrogens (primary N) is 1. The van der Waals surface area contributed by atoms with Crippen molar-refractivity contribution in [1.82, 2.24) is 0 Å². The molecule has 2 aliphatic rings. The Morgan fingerprint density at radius 3 is 1.91 bits per heavy atom. The summed E-state index contributed by atoms with van der Waals surface area (Å²) >= 11 is 0. The van der Waals surface area contributed by atoms with Gasteiger partial charge in [0.1, 0.15) is 21.2 Å². The highest BCUT2D eigenvalue weighted by Crippen LogP contribution is 2.41. The van der Waals surface area contributed by atoms with E-state index < -0.39 is 74.4 Å². The minimum absolute atomic E-state index is 0.0501. The molecule has 0 amide bonds. The molecule has 0 bridgehead atoms. The Morgan fingerprint density at radius 1 is 0.642 bits per heavy atom. The van der Waals surface area contributed by atoms with Gasteiger partial charge in [0.05, 0.1) is 33.2 Å². The minimum atomic E-state index is -5.11. The first kappa shape index (κ1) is 36.6. The summed E-state index contributed by atoms with van der Waals surface area (Å²) in [5, 5.41) is 15.8. The van der Waals surface area contributed by atoms with E-state index in [9.17, 15) is 48.5 Å². The lowest BCUT2D eigenvalue weighted by Gasteiger charge is -2.20. The van der Waals surface area contributed by atoms with Crippen LogP contribution in [0.15, 0.2) is 120 Å². The maximum absolute atomic E-state index is 13.6. The van der Waals surface area contributed by atoms with Crippen molar-refractivity contribution in [2.45, 2.75) is 9.79 Å². The first-order chi connectivity index (χ1) is 24.9. The van der Waals surface area contributed by atoms with Gasteiger partial charge in [0.25, 0.3) is 30.4 Å². The number of hydrazone groups is 2. The number of hydrogen-bond acceptors (Lipinski definition) is 15. The molecule has 0 aromatic heterocycles. The number of carbonyl (C=O) groups excluding carboxylic acids is 2. The van der Waals surface area contributed by atoms with Crippen molar-refractivity contribution >= 4 is 93.9 Å². The second-order valence-corrected chi connectivity index (χ2v) is 15.3. The number of carbonyl (C=O) groups is 2. The van der Waals surface area contributed by atoms with Crippen LogP contribution in [0.5, 0.6) is 0 Å². The smallest absolute Gasteiger partial charge is 0.296 e. The molecule has 4 aromatic carbocycles. The Hall–Kier alpha value is -6.23. The Kier molecular flexibility index (Phi) is 9.46. The summed E-state index contributed by atoms with van der Waals surface area (Å²) in [7, 11) is -14.7. The third-order valence-electron chi connectivity index (χ3n) is 7.57. The molecular formula is C32H23N7O11S3. The van der Waals surface area contributed by atoms with Crippen molar-refractivity contribution in [2.75, 3.05) is 16.6 Å². The molecule has 21 heteroatoms. The number of anilines is 3. The van der Waals surface area contributed by atoms with Crippen molar-refractivity contribution in [2.24, 2.45) is 20.4 Å². The van der Waals surface area contributed by atoms with Gasteiger partial charge in [-0.25, -0.2) is 0 Å². The van der Waals surface area contributed by atoms with Crippen LogP contribution in [0.4, 0.5) is 28.4 Å². The van der Waals surface area contributed by atoms with E-state index in [0.717, 1.165) is 18.2 Å². The second-order valence-electron chi connectivity index (χ2n) is 11.1. The van der Waals surface area contributed by atoms with Crippen LogP contribution in [0.25, 0.3) is 12.2 Å². The van der Waals surface area contributed by atoms with Crippen molar-refractivity contribution in [3.8, 4) is 0 Å². The first-order valence-electron chi connectivity index (χ1n) is 14.7. The predicted octanol–water partition coefficient (Wildman–Crippen LogP) is 4.48. The van der Waals surface area contributed by atoms with E-state index in [1.165, 1.54) is 48.6 Å². The van der Waals surface area contributed by atoms with Crippen molar-refractivity contribution < 1.29 is 48.5 Å². The van der Waals surface area contributed by atoms with Gasteiger partial charge in [-0.15, -0.1) is 5.11 Å². The lowest BCUT2D eigenvalue weighted by Crippen LogP contribution is -2.28. The van der Waals surface area contributed by atoms with Gasteiger partial charge in [0, 0.05) is 5.56 Å². The highest BCUT2D eigenvalue weighted by atomic mass is 32.2. The fraction of sp³-hybridized carbons (Fsp3) is 0. The summed E-state index contributed by atoms with van der Waals surface area (Å²) in [5.41, 5.74) is 9.94. The van der Waals surface area contributed by atoms with Gasteiger partial charge in [0.15, 0.2) is 5.71 Å². The van der Waals surface area contributed by atoms with Gasteiger partial charge in [-0.2, -0.15) is 40.6 Å². The number of Topliss-reactive ketones (excluding diaryl/α,β-unsaturated/α-hetero) is 1. The molecular weight excluding hydrogens is 755 g/mol. The molecule has 4 aromatic rings. The number of rotatable bonds is 9. The van der Waals surface area contributed by atoms with Crippen LogP contribution in [0.2, 0.25) is 0 Å². The third-order valence-corrected chi connectivity index (χ3v) is 10.2. The van der Waals surface area contributed by atoms with Crippen LogP contribution < -0.4 is 16.6 Å². The number of fused-ring (bicyclic) bond motifs is 2. The summed E-state index contributed by atoms with van der Waals surface area (Å²) in [5.74, 6) is -1.61. The standard InChI is InChI=1S/C32H23N7O11S3/c33-28-27-18(16-26(53(48,49)50)31(32(27)41)39-34-19-4-2-1-3-5-19)15-25(52(45,46)47)30(28)38-36-21-9-7-20(8-10-21)35-37-29-23-12-11-22(51(42,43)44)14-17(23)6-13-24(29)40/h1-16,34-35H,33H2,(H,42,43,44)(H,45,46,47)(H,48,49,50)/b37-29-,38-36?,39-31+. The van der Waals surface area contributed by atoms with Crippen LogP contribution in [0, 0.1) is 0 Å². The molecule has 0 heterocycles. The molecule has 2 aliphatic carbocycles. The van der Waals surface area contributed by atoms with Crippen LogP contribution in [0.3, 0.4) is 0 Å². The molecule has 0 saturated heterocycles. The molecule has 0 atom stereocenters. The fourth-order valence-corrected chi connectivity index (χ4v) is 6.95. The maximum atomic E-state index is 13.6. The van der Waals surface area contributed by atoms with Gasteiger partial charge in [-0.3, -0.25) is 34.1 Å². The number of hydrogen-bond donors (Lipinski definition) is 6. The molecule has 270 valence electrons. The number of allylic oxidation sites excluding steroid dienone is 2. The fourth-order valence-electron chi connectivity index (χ4n) is 5.11. The molecule has 0 unspecified atom stereocenters. The normalized spacial score (nSPS) is 16.1. The number of nitrogens with zero attached hydrogens (tertiary/aromatic N) is 4. The number of azo groups is 1. The SMILES string of the molecule is Nc1c(N=Nc2ccc(N/N=C3\C(=O)C=Cc4cc(S(=O)(=O)O)ccc43)cc2)c(S(=O)(=O)O)cc2c1C(=O)/C(=N/Nc1ccccc1)C(S(=O)(=O)O)=C2. The van der Waals surface area contributed by atoms with E-state index in [4.69, 9.17) is 5.73 Å². The predicted molar refractivity (Wildman–Crippen MR) is 193 cm³/mol. The molecule has 18 nitrogen and oxygen atoms in total. The van der Waals surface area contributed by atoms with Gasteiger partial charge < -0.3 is 5.73 Å². The average molecular weight is 778 g/mol. The molecule has 0 radical (unpaired) electrons. The summed E-state index contributed by atoms with van der Waals surface area (Å²) < 4.78 is 102. The molecule has 0 saturated carbocycles. The zero-order valence-electron chi connectivity index (χ0n) is 26.4. The summed E-state index contributed by atoms with van der Waals surface area (Å²) in [6.45, 7) is 0. The number of benzene rings is 4. The number of para-hydroxylation sites is 1.